The maximum atomic E-state index is 6.48. The van der Waals surface area contributed by atoms with E-state index in [1.165, 1.54) is 24.8 Å². The summed E-state index contributed by atoms with van der Waals surface area (Å²) in [6, 6.07) is 8.03. The van der Waals surface area contributed by atoms with E-state index < -0.39 is 0 Å². The van der Waals surface area contributed by atoms with E-state index in [0.29, 0.717) is 0 Å². The van der Waals surface area contributed by atoms with Gasteiger partial charge in [0.05, 0.1) is 5.60 Å². The molecular formula is C16H24ClNO. The second-order valence-corrected chi connectivity index (χ2v) is 5.94. The monoisotopic (exact) mass is 281 g/mol. The summed E-state index contributed by atoms with van der Waals surface area (Å²) in [7, 11) is 0. The molecule has 0 aromatic heterocycles. The van der Waals surface area contributed by atoms with E-state index >= 15 is 0 Å². The van der Waals surface area contributed by atoms with Gasteiger partial charge >= 0.3 is 0 Å². The van der Waals surface area contributed by atoms with Crippen LogP contribution in [0.1, 0.15) is 44.6 Å². The summed E-state index contributed by atoms with van der Waals surface area (Å²) < 4.78 is 6.08. The molecule has 2 rings (SSSR count). The van der Waals surface area contributed by atoms with Crippen molar-refractivity contribution >= 4 is 11.6 Å². The maximum absolute atomic E-state index is 6.48. The largest absolute Gasteiger partial charge is 0.374 e. The Balaban J connectivity index is 2.08. The van der Waals surface area contributed by atoms with Crippen LogP contribution in [0.2, 0.25) is 5.02 Å². The first-order valence-corrected chi connectivity index (χ1v) is 7.68. The van der Waals surface area contributed by atoms with Crippen molar-refractivity contribution in [3.05, 3.63) is 34.9 Å². The lowest BCUT2D eigenvalue weighted by molar-refractivity contribution is -0.0817. The van der Waals surface area contributed by atoms with Gasteiger partial charge in [0.25, 0.3) is 0 Å². The van der Waals surface area contributed by atoms with Gasteiger partial charge in [0.15, 0.2) is 0 Å². The molecule has 0 spiro atoms. The van der Waals surface area contributed by atoms with Crippen molar-refractivity contribution in [1.29, 1.82) is 0 Å². The highest BCUT2D eigenvalue weighted by molar-refractivity contribution is 6.30. The molecule has 19 heavy (non-hydrogen) atoms. The first kappa shape index (κ1) is 14.8. The lowest BCUT2D eigenvalue weighted by Crippen LogP contribution is -2.52. The van der Waals surface area contributed by atoms with Gasteiger partial charge in [-0.05, 0) is 43.9 Å². The lowest BCUT2D eigenvalue weighted by Gasteiger charge is -2.41. The second-order valence-electron chi connectivity index (χ2n) is 5.50. The van der Waals surface area contributed by atoms with Crippen LogP contribution >= 0.6 is 11.6 Å². The van der Waals surface area contributed by atoms with Gasteiger partial charge in [0.2, 0.25) is 0 Å². The number of halogens is 1. The summed E-state index contributed by atoms with van der Waals surface area (Å²) in [6.07, 6.45) is 6.76. The van der Waals surface area contributed by atoms with E-state index in [4.69, 9.17) is 22.1 Å². The third kappa shape index (κ3) is 3.71. The van der Waals surface area contributed by atoms with E-state index in [1.54, 1.807) is 0 Å². The normalized spacial score (nSPS) is 20.2. The van der Waals surface area contributed by atoms with Gasteiger partial charge in [-0.25, -0.2) is 0 Å². The highest BCUT2D eigenvalue weighted by Gasteiger charge is 2.38. The first-order chi connectivity index (χ1) is 9.16. The summed E-state index contributed by atoms with van der Waals surface area (Å²) in [5.41, 5.74) is 7.55. The predicted octanol–water partition coefficient (Wildman–Crippen LogP) is 3.95. The fourth-order valence-corrected chi connectivity index (χ4v) is 3.38. The molecule has 1 aromatic rings. The standard InChI is InChI=1S/C16H24ClNO/c1-2-19-16(9-4-3-5-10-16)15(18)12-13-7-6-8-14(17)11-13/h6-8,11,15H,2-5,9-10,12,18H2,1H3. The van der Waals surface area contributed by atoms with Crippen molar-refractivity contribution in [2.45, 2.75) is 57.1 Å². The van der Waals surface area contributed by atoms with Crippen LogP contribution in [0.5, 0.6) is 0 Å². The molecule has 0 radical (unpaired) electrons. The molecule has 0 aliphatic heterocycles. The van der Waals surface area contributed by atoms with E-state index in [-0.39, 0.29) is 11.6 Å². The molecule has 1 saturated carbocycles. The van der Waals surface area contributed by atoms with Gasteiger partial charge < -0.3 is 10.5 Å². The van der Waals surface area contributed by atoms with E-state index in [2.05, 4.69) is 13.0 Å². The summed E-state index contributed by atoms with van der Waals surface area (Å²) in [5.74, 6) is 0. The minimum atomic E-state index is -0.130. The fourth-order valence-electron chi connectivity index (χ4n) is 3.16. The van der Waals surface area contributed by atoms with Crippen LogP contribution in [0.25, 0.3) is 0 Å². The van der Waals surface area contributed by atoms with E-state index in [9.17, 15) is 0 Å². The molecule has 1 aromatic carbocycles. The van der Waals surface area contributed by atoms with Crippen LogP contribution in [-0.2, 0) is 11.2 Å². The molecule has 106 valence electrons. The summed E-state index contributed by atoms with van der Waals surface area (Å²) in [5, 5.41) is 0.777. The van der Waals surface area contributed by atoms with Crippen LogP contribution in [0.4, 0.5) is 0 Å². The van der Waals surface area contributed by atoms with Gasteiger partial charge in [-0.3, -0.25) is 0 Å². The summed E-state index contributed by atoms with van der Waals surface area (Å²) >= 11 is 6.04. The number of benzene rings is 1. The Labute approximate surface area is 121 Å². The average Bonchev–Trinajstić information content (AvgIpc) is 2.40. The van der Waals surface area contributed by atoms with Crippen molar-refractivity contribution in [2.75, 3.05) is 6.61 Å². The second kappa shape index (κ2) is 6.74. The molecule has 2 N–H and O–H groups in total. The van der Waals surface area contributed by atoms with E-state index in [1.807, 2.05) is 18.2 Å². The molecule has 0 heterocycles. The fraction of sp³-hybridized carbons (Fsp3) is 0.625. The molecule has 1 unspecified atom stereocenters. The SMILES string of the molecule is CCOC1(C(N)Cc2cccc(Cl)c2)CCCCC1. The van der Waals surface area contributed by atoms with Crippen LogP contribution in [-0.4, -0.2) is 18.2 Å². The lowest BCUT2D eigenvalue weighted by atomic mass is 9.77. The van der Waals surface area contributed by atoms with Crippen molar-refractivity contribution in [3.63, 3.8) is 0 Å². The Morgan fingerprint density at radius 1 is 1.32 bits per heavy atom. The number of ether oxygens (including phenoxy) is 1. The van der Waals surface area contributed by atoms with Crippen LogP contribution in [0, 0.1) is 0 Å². The van der Waals surface area contributed by atoms with Crippen molar-refractivity contribution in [1.82, 2.24) is 0 Å². The molecule has 1 atom stereocenters. The van der Waals surface area contributed by atoms with Crippen LogP contribution < -0.4 is 5.73 Å². The number of rotatable bonds is 5. The van der Waals surface area contributed by atoms with Gasteiger partial charge in [-0.1, -0.05) is 43.0 Å². The Bertz CT molecular complexity index is 396. The minimum absolute atomic E-state index is 0.0474. The summed E-state index contributed by atoms with van der Waals surface area (Å²) in [6.45, 7) is 2.80. The molecule has 1 aliphatic carbocycles. The van der Waals surface area contributed by atoms with Crippen molar-refractivity contribution < 1.29 is 4.74 Å². The molecule has 0 amide bonds. The third-order valence-corrected chi connectivity index (χ3v) is 4.39. The molecule has 0 bridgehead atoms. The number of nitrogens with two attached hydrogens (primary N) is 1. The Hall–Kier alpha value is -0.570. The molecular weight excluding hydrogens is 258 g/mol. The Morgan fingerprint density at radius 2 is 2.05 bits per heavy atom. The highest BCUT2D eigenvalue weighted by atomic mass is 35.5. The van der Waals surface area contributed by atoms with Crippen molar-refractivity contribution in [3.8, 4) is 0 Å². The number of hydrogen-bond donors (Lipinski definition) is 1. The smallest absolute Gasteiger partial charge is 0.0835 e. The molecule has 0 saturated heterocycles. The zero-order valence-corrected chi connectivity index (χ0v) is 12.5. The maximum Gasteiger partial charge on any atom is 0.0835 e. The zero-order valence-electron chi connectivity index (χ0n) is 11.7. The quantitative estimate of drug-likeness (QED) is 0.887. The zero-order chi connectivity index (χ0) is 13.7. The van der Waals surface area contributed by atoms with E-state index in [0.717, 1.165) is 30.9 Å². The highest BCUT2D eigenvalue weighted by Crippen LogP contribution is 2.35. The van der Waals surface area contributed by atoms with Crippen molar-refractivity contribution in [2.24, 2.45) is 5.73 Å². The molecule has 1 aliphatic rings. The molecule has 2 nitrogen and oxygen atoms in total. The van der Waals surface area contributed by atoms with Gasteiger partial charge in [0.1, 0.15) is 0 Å². The molecule has 3 heteroatoms. The summed E-state index contributed by atoms with van der Waals surface area (Å²) in [4.78, 5) is 0. The topological polar surface area (TPSA) is 35.2 Å². The minimum Gasteiger partial charge on any atom is -0.374 e. The van der Waals surface area contributed by atoms with Crippen LogP contribution in [0.3, 0.4) is 0 Å². The third-order valence-electron chi connectivity index (χ3n) is 4.15. The predicted molar refractivity (Wildman–Crippen MR) is 80.6 cm³/mol. The Morgan fingerprint density at radius 3 is 2.68 bits per heavy atom. The first-order valence-electron chi connectivity index (χ1n) is 7.30. The van der Waals surface area contributed by atoms with Gasteiger partial charge in [0, 0.05) is 17.7 Å². The average molecular weight is 282 g/mol. The number of hydrogen-bond acceptors (Lipinski definition) is 2. The Kier molecular flexibility index (Phi) is 5.26. The van der Waals surface area contributed by atoms with Gasteiger partial charge in [-0.2, -0.15) is 0 Å². The van der Waals surface area contributed by atoms with Gasteiger partial charge in [-0.15, -0.1) is 0 Å². The van der Waals surface area contributed by atoms with Crippen LogP contribution in [0.15, 0.2) is 24.3 Å². The molecule has 1 fully saturated rings.